The van der Waals surface area contributed by atoms with Crippen LogP contribution in [0.4, 0.5) is 28.9 Å². The van der Waals surface area contributed by atoms with E-state index in [0.717, 1.165) is 30.2 Å². The Labute approximate surface area is 243 Å². The maximum atomic E-state index is 14.9. The third-order valence-corrected chi connectivity index (χ3v) is 8.58. The van der Waals surface area contributed by atoms with Crippen LogP contribution in [0, 0.1) is 25.6 Å². The van der Waals surface area contributed by atoms with E-state index in [1.807, 2.05) is 24.3 Å². The van der Waals surface area contributed by atoms with Crippen molar-refractivity contribution >= 4 is 23.2 Å². The van der Waals surface area contributed by atoms with Gasteiger partial charge in [0, 0.05) is 12.2 Å². The molecule has 1 aliphatic heterocycles. The van der Waals surface area contributed by atoms with Crippen LogP contribution in [0.3, 0.4) is 0 Å². The van der Waals surface area contributed by atoms with E-state index in [4.69, 9.17) is 0 Å². The molecule has 2 fully saturated rings. The van der Waals surface area contributed by atoms with Gasteiger partial charge in [-0.3, -0.25) is 9.59 Å². The number of nitrogens with two attached hydrogens (primary N) is 1. The maximum Gasteiger partial charge on any atom is 0.416 e. The topological polar surface area (TPSA) is 66.0 Å². The molecule has 0 bridgehead atoms. The highest BCUT2D eigenvalue weighted by atomic mass is 19.4. The van der Waals surface area contributed by atoms with Crippen molar-refractivity contribution in [2.45, 2.75) is 70.6 Å². The first-order chi connectivity index (χ1) is 20.0. The molecule has 42 heavy (non-hydrogen) atoms. The summed E-state index contributed by atoms with van der Waals surface area (Å²) in [5.74, 6) is -2.38. The second kappa shape index (κ2) is 12.3. The molecule has 3 aromatic carbocycles. The van der Waals surface area contributed by atoms with Gasteiger partial charge >= 0.3 is 6.18 Å². The van der Waals surface area contributed by atoms with Gasteiger partial charge in [-0.2, -0.15) is 13.2 Å². The Kier molecular flexibility index (Phi) is 8.68. The Hall–Kier alpha value is -3.72. The van der Waals surface area contributed by atoms with E-state index in [1.54, 1.807) is 24.0 Å². The molecule has 0 radical (unpaired) electrons. The molecule has 1 heterocycles. The van der Waals surface area contributed by atoms with Crippen molar-refractivity contribution in [1.82, 2.24) is 4.90 Å². The van der Waals surface area contributed by atoms with Crippen LogP contribution >= 0.6 is 0 Å². The smallest absolute Gasteiger partial charge is 0.331 e. The van der Waals surface area contributed by atoms with Crippen LogP contribution in [0.1, 0.15) is 77.2 Å². The van der Waals surface area contributed by atoms with E-state index < -0.39 is 41.3 Å². The molecule has 2 amide bonds. The number of halogens is 4. The quantitative estimate of drug-likeness (QED) is 0.247. The zero-order valence-corrected chi connectivity index (χ0v) is 23.8. The molecule has 222 valence electrons. The summed E-state index contributed by atoms with van der Waals surface area (Å²) in [6.07, 6.45) is 1.11. The number of benzene rings is 3. The van der Waals surface area contributed by atoms with Crippen LogP contribution in [0.5, 0.6) is 0 Å². The standard InChI is InChI=1S/C33H35F4N3O2/c1-20-12-15-25(19-27(20)33(35,36)37)39-31(41)26-10-6-18-40(32(42)29-21(2)7-5-11-28(29)34)30(26)22-13-16-24(17-14-22)38-23-8-3-4-9-23/h5,7,11-17,19,23,26,30,38H,3-4,6,8-10,18H2,1-2H3,(H,39,41)/p+1/t26-,30-/m0/s1. The van der Waals surface area contributed by atoms with Crippen molar-refractivity contribution in [1.29, 1.82) is 0 Å². The van der Waals surface area contributed by atoms with Gasteiger partial charge in [-0.1, -0.05) is 30.3 Å². The van der Waals surface area contributed by atoms with Gasteiger partial charge in [0.2, 0.25) is 5.91 Å². The maximum absolute atomic E-state index is 14.9. The molecule has 5 nitrogen and oxygen atoms in total. The van der Waals surface area contributed by atoms with Gasteiger partial charge in [0.15, 0.2) is 0 Å². The van der Waals surface area contributed by atoms with Crippen molar-refractivity contribution in [3.63, 3.8) is 0 Å². The van der Waals surface area contributed by atoms with E-state index in [2.05, 4.69) is 10.6 Å². The number of nitrogens with zero attached hydrogens (tertiary/aromatic N) is 1. The molecule has 0 aromatic heterocycles. The largest absolute Gasteiger partial charge is 0.416 e. The Morgan fingerprint density at radius 1 is 0.905 bits per heavy atom. The molecule has 1 saturated carbocycles. The number of anilines is 1. The minimum Gasteiger partial charge on any atom is -0.331 e. The third kappa shape index (κ3) is 6.36. The van der Waals surface area contributed by atoms with Crippen LogP contribution in [0.25, 0.3) is 0 Å². The SMILES string of the molecule is Cc1ccc(NC(=O)[C@H]2CCCN(C(=O)c3c(C)cccc3F)[C@H]2c2ccc([NH2+]C3CCCC3)cc2)cc1C(F)(F)F. The summed E-state index contributed by atoms with van der Waals surface area (Å²) in [6, 6.07) is 15.7. The monoisotopic (exact) mass is 582 g/mol. The lowest BCUT2D eigenvalue weighted by atomic mass is 9.83. The Balaban J connectivity index is 1.48. The Morgan fingerprint density at radius 3 is 2.29 bits per heavy atom. The summed E-state index contributed by atoms with van der Waals surface area (Å²) < 4.78 is 55.5. The zero-order chi connectivity index (χ0) is 30.0. The van der Waals surface area contributed by atoms with E-state index in [9.17, 15) is 27.2 Å². The lowest BCUT2D eigenvalue weighted by Gasteiger charge is -2.41. The van der Waals surface area contributed by atoms with Crippen molar-refractivity contribution in [3.05, 3.63) is 94.3 Å². The number of hydrogen-bond acceptors (Lipinski definition) is 2. The molecule has 1 saturated heterocycles. The molecular weight excluding hydrogens is 546 g/mol. The number of amides is 2. The third-order valence-electron chi connectivity index (χ3n) is 8.58. The van der Waals surface area contributed by atoms with E-state index >= 15 is 0 Å². The van der Waals surface area contributed by atoms with Crippen molar-refractivity contribution in [2.24, 2.45) is 5.92 Å². The van der Waals surface area contributed by atoms with Gasteiger partial charge in [-0.05, 0) is 99.4 Å². The fraction of sp³-hybridized carbons (Fsp3) is 0.394. The second-order valence-electron chi connectivity index (χ2n) is 11.5. The van der Waals surface area contributed by atoms with Crippen LogP contribution in [0.2, 0.25) is 0 Å². The zero-order valence-electron chi connectivity index (χ0n) is 23.8. The molecule has 2 atom stereocenters. The molecule has 3 N–H and O–H groups in total. The molecule has 3 aromatic rings. The number of rotatable bonds is 6. The van der Waals surface area contributed by atoms with Gasteiger partial charge in [-0.15, -0.1) is 0 Å². The van der Waals surface area contributed by atoms with E-state index in [0.29, 0.717) is 31.0 Å². The number of nitrogens with one attached hydrogen (secondary N) is 1. The van der Waals surface area contributed by atoms with Gasteiger partial charge in [-0.25, -0.2) is 4.39 Å². The predicted molar refractivity (Wildman–Crippen MR) is 153 cm³/mol. The summed E-state index contributed by atoms with van der Waals surface area (Å²) in [7, 11) is 0. The number of carbonyl (C=O) groups is 2. The first kappa shape index (κ1) is 29.8. The van der Waals surface area contributed by atoms with Crippen LogP contribution < -0.4 is 10.6 Å². The molecule has 2 aliphatic rings. The van der Waals surface area contributed by atoms with Crippen molar-refractivity contribution in [2.75, 3.05) is 11.9 Å². The number of alkyl halides is 3. The minimum atomic E-state index is -4.56. The van der Waals surface area contributed by atoms with E-state index in [-0.39, 0.29) is 16.8 Å². The highest BCUT2D eigenvalue weighted by Crippen LogP contribution is 2.39. The fourth-order valence-electron chi connectivity index (χ4n) is 6.40. The fourth-order valence-corrected chi connectivity index (χ4v) is 6.40. The minimum absolute atomic E-state index is 0.0339. The number of aryl methyl sites for hydroxylation is 2. The summed E-state index contributed by atoms with van der Waals surface area (Å²) in [4.78, 5) is 29.1. The first-order valence-electron chi connectivity index (χ1n) is 14.5. The Morgan fingerprint density at radius 2 is 1.62 bits per heavy atom. The van der Waals surface area contributed by atoms with Crippen LogP contribution in [-0.4, -0.2) is 29.3 Å². The summed E-state index contributed by atoms with van der Waals surface area (Å²) in [5, 5.41) is 4.93. The van der Waals surface area contributed by atoms with Crippen molar-refractivity contribution < 1.29 is 32.5 Å². The first-order valence-corrected chi connectivity index (χ1v) is 14.5. The molecule has 1 aliphatic carbocycles. The van der Waals surface area contributed by atoms with Gasteiger partial charge in [0.25, 0.3) is 5.91 Å². The van der Waals surface area contributed by atoms with Crippen LogP contribution in [-0.2, 0) is 11.0 Å². The van der Waals surface area contributed by atoms with Gasteiger partial charge < -0.3 is 15.5 Å². The summed E-state index contributed by atoms with van der Waals surface area (Å²) in [5.41, 5.74) is 1.51. The molecule has 5 rings (SSSR count). The lowest BCUT2D eigenvalue weighted by Crippen LogP contribution is -2.83. The molecule has 0 spiro atoms. The second-order valence-corrected chi connectivity index (χ2v) is 11.5. The van der Waals surface area contributed by atoms with Gasteiger partial charge in [0.1, 0.15) is 11.5 Å². The average molecular weight is 583 g/mol. The van der Waals surface area contributed by atoms with Crippen LogP contribution in [0.15, 0.2) is 60.7 Å². The summed E-state index contributed by atoms with van der Waals surface area (Å²) in [6.45, 7) is 3.36. The number of likely N-dealkylation sites (tertiary alicyclic amines) is 1. The average Bonchev–Trinajstić information content (AvgIpc) is 3.46. The highest BCUT2D eigenvalue weighted by Gasteiger charge is 2.41. The summed E-state index contributed by atoms with van der Waals surface area (Å²) >= 11 is 0. The van der Waals surface area contributed by atoms with E-state index in [1.165, 1.54) is 38.0 Å². The predicted octanol–water partition coefficient (Wildman–Crippen LogP) is 6.83. The normalized spacial score (nSPS) is 19.6. The highest BCUT2D eigenvalue weighted by molar-refractivity contribution is 5.98. The number of piperidine rings is 1. The lowest BCUT2D eigenvalue weighted by molar-refractivity contribution is -0.609. The molecule has 9 heteroatoms. The Bertz CT molecular complexity index is 1430. The molecular formula is C33H36F4N3O2+. The van der Waals surface area contributed by atoms with Gasteiger partial charge in [0.05, 0.1) is 29.1 Å². The number of hydrogen-bond donors (Lipinski definition) is 2. The van der Waals surface area contributed by atoms with Crippen molar-refractivity contribution in [3.8, 4) is 0 Å². The molecule has 0 unspecified atom stereocenters. The number of quaternary nitrogens is 1. The number of carbonyl (C=O) groups excluding carboxylic acids is 2.